The molecule has 0 atom stereocenters. The lowest BCUT2D eigenvalue weighted by Gasteiger charge is -2.32. The molecule has 0 fully saturated rings. The SMILES string of the molecule is c1ccc(-c2ccc(N(c3cccc4c3-c3ccccc3C43c4ccccc4-c4ccccc43)c3cccc4oc5c6ccccc6c(-c6cccc7ccccc67)cc5c34)cc2)cc1. The first-order chi connectivity index (χ1) is 32.3. The third-order valence-electron chi connectivity index (χ3n) is 14.3. The summed E-state index contributed by atoms with van der Waals surface area (Å²) in [5, 5.41) is 6.90. The Kier molecular flexibility index (Phi) is 7.64. The van der Waals surface area contributed by atoms with Gasteiger partial charge in [0.05, 0.1) is 22.2 Å². The number of nitrogens with zero attached hydrogens (tertiary/aromatic N) is 1. The second kappa shape index (κ2) is 13.8. The average molecular weight is 826 g/mol. The molecule has 2 nitrogen and oxygen atoms in total. The molecule has 0 N–H and O–H groups in total. The van der Waals surface area contributed by atoms with Crippen LogP contribution in [0.15, 0.2) is 241 Å². The second-order valence-corrected chi connectivity index (χ2v) is 17.5. The molecule has 1 aromatic heterocycles. The Morgan fingerprint density at radius 1 is 0.338 bits per heavy atom. The normalized spacial score (nSPS) is 13.0. The first-order valence-electron chi connectivity index (χ1n) is 22.5. The Morgan fingerprint density at radius 3 is 1.65 bits per heavy atom. The fraction of sp³-hybridized carbons (Fsp3) is 0.0159. The van der Waals surface area contributed by atoms with E-state index in [1.807, 2.05) is 0 Å². The van der Waals surface area contributed by atoms with Crippen LogP contribution in [-0.2, 0) is 5.41 Å². The van der Waals surface area contributed by atoms with Gasteiger partial charge in [-0.2, -0.15) is 0 Å². The maximum absolute atomic E-state index is 7.06. The predicted molar refractivity (Wildman–Crippen MR) is 271 cm³/mol. The smallest absolute Gasteiger partial charge is 0.143 e. The number of rotatable bonds is 5. The van der Waals surface area contributed by atoms with Gasteiger partial charge in [-0.15, -0.1) is 0 Å². The second-order valence-electron chi connectivity index (χ2n) is 17.5. The minimum Gasteiger partial charge on any atom is -0.455 e. The van der Waals surface area contributed by atoms with Crippen LogP contribution in [0.3, 0.4) is 0 Å². The van der Waals surface area contributed by atoms with Crippen molar-refractivity contribution in [2.75, 3.05) is 4.90 Å². The highest BCUT2D eigenvalue weighted by Crippen LogP contribution is 2.65. The summed E-state index contributed by atoms with van der Waals surface area (Å²) in [6.45, 7) is 0. The van der Waals surface area contributed by atoms with Crippen LogP contribution >= 0.6 is 0 Å². The zero-order valence-electron chi connectivity index (χ0n) is 35.4. The van der Waals surface area contributed by atoms with Crippen molar-refractivity contribution in [3.8, 4) is 44.5 Å². The fourth-order valence-corrected chi connectivity index (χ4v) is 11.7. The molecule has 0 saturated carbocycles. The number of benzene rings is 11. The molecule has 0 bridgehead atoms. The van der Waals surface area contributed by atoms with Gasteiger partial charge in [0.15, 0.2) is 0 Å². The average Bonchev–Trinajstić information content (AvgIpc) is 4.02. The molecule has 2 aliphatic rings. The van der Waals surface area contributed by atoms with Crippen LogP contribution < -0.4 is 4.90 Å². The van der Waals surface area contributed by atoms with E-state index in [1.165, 1.54) is 82.9 Å². The van der Waals surface area contributed by atoms with Gasteiger partial charge in [0.25, 0.3) is 0 Å². The summed E-state index contributed by atoms with van der Waals surface area (Å²) >= 11 is 0. The van der Waals surface area contributed by atoms with Crippen LogP contribution in [0.5, 0.6) is 0 Å². The molecule has 12 aromatic rings. The first kappa shape index (κ1) is 36.1. The molecule has 302 valence electrons. The van der Waals surface area contributed by atoms with E-state index >= 15 is 0 Å². The van der Waals surface area contributed by atoms with Crippen molar-refractivity contribution in [2.24, 2.45) is 0 Å². The zero-order valence-corrected chi connectivity index (χ0v) is 35.4. The number of furan rings is 1. The number of fused-ring (bicyclic) bond motifs is 16. The third kappa shape index (κ3) is 4.99. The van der Waals surface area contributed by atoms with E-state index in [9.17, 15) is 0 Å². The van der Waals surface area contributed by atoms with E-state index in [0.29, 0.717) is 0 Å². The highest BCUT2D eigenvalue weighted by atomic mass is 16.3. The summed E-state index contributed by atoms with van der Waals surface area (Å²) in [4.78, 5) is 2.50. The molecule has 0 saturated heterocycles. The van der Waals surface area contributed by atoms with Gasteiger partial charge < -0.3 is 9.32 Å². The summed E-state index contributed by atoms with van der Waals surface area (Å²) in [6.07, 6.45) is 0. The van der Waals surface area contributed by atoms with Crippen LogP contribution in [0.25, 0.3) is 88.0 Å². The third-order valence-corrected chi connectivity index (χ3v) is 14.3. The van der Waals surface area contributed by atoms with E-state index in [4.69, 9.17) is 4.42 Å². The standard InChI is InChI=1S/C63H39NO/c1-2-17-40(18-3-1)41-35-37-43(38-36-41)64(57-32-15-31-56-60(57)50-26-10-13-30-55(50)63(56)53-28-11-8-23-47(53)48-24-9-12-29-54(48)63)58-33-16-34-59-61(58)52-39-51(46-22-6-7-25-49(46)62(52)65-59)45-27-14-20-42-19-4-5-21-44(42)45/h1-39H. The molecule has 1 spiro atoms. The largest absolute Gasteiger partial charge is 0.455 e. The van der Waals surface area contributed by atoms with Crippen molar-refractivity contribution < 1.29 is 4.42 Å². The molecule has 0 radical (unpaired) electrons. The number of hydrogen-bond donors (Lipinski definition) is 0. The van der Waals surface area contributed by atoms with Crippen molar-refractivity contribution >= 4 is 60.5 Å². The van der Waals surface area contributed by atoms with Gasteiger partial charge in [-0.1, -0.05) is 200 Å². The molecular formula is C63H39NO. The summed E-state index contributed by atoms with van der Waals surface area (Å²) in [5.74, 6) is 0. The quantitative estimate of drug-likeness (QED) is 0.172. The van der Waals surface area contributed by atoms with Crippen molar-refractivity contribution in [1.82, 2.24) is 0 Å². The Bertz CT molecular complexity index is 3840. The Balaban J connectivity index is 1.08. The fourth-order valence-electron chi connectivity index (χ4n) is 11.7. The molecule has 11 aromatic carbocycles. The minimum atomic E-state index is -0.474. The zero-order chi connectivity index (χ0) is 42.6. The van der Waals surface area contributed by atoms with Crippen LogP contribution in [0.4, 0.5) is 17.1 Å². The Labute approximate surface area is 376 Å². The van der Waals surface area contributed by atoms with Crippen molar-refractivity contribution in [3.05, 3.63) is 259 Å². The molecule has 0 amide bonds. The van der Waals surface area contributed by atoms with E-state index in [-0.39, 0.29) is 0 Å². The maximum Gasteiger partial charge on any atom is 0.143 e. The van der Waals surface area contributed by atoms with Gasteiger partial charge >= 0.3 is 0 Å². The van der Waals surface area contributed by atoms with Gasteiger partial charge in [-0.3, -0.25) is 0 Å². The van der Waals surface area contributed by atoms with Gasteiger partial charge in [0.1, 0.15) is 11.2 Å². The topological polar surface area (TPSA) is 16.4 Å². The molecule has 0 aliphatic heterocycles. The summed E-state index contributed by atoms with van der Waals surface area (Å²) in [7, 11) is 0. The summed E-state index contributed by atoms with van der Waals surface area (Å²) in [5.41, 5.74) is 19.7. The molecular weight excluding hydrogens is 787 g/mol. The molecule has 2 heteroatoms. The van der Waals surface area contributed by atoms with E-state index in [2.05, 4.69) is 241 Å². The lowest BCUT2D eigenvalue weighted by molar-refractivity contribution is 0.672. The van der Waals surface area contributed by atoms with Crippen LogP contribution in [-0.4, -0.2) is 0 Å². The van der Waals surface area contributed by atoms with E-state index in [1.54, 1.807) is 0 Å². The van der Waals surface area contributed by atoms with E-state index in [0.717, 1.165) is 44.4 Å². The number of anilines is 3. The lowest BCUT2D eigenvalue weighted by Crippen LogP contribution is -2.26. The predicted octanol–water partition coefficient (Wildman–Crippen LogP) is 17.0. The van der Waals surface area contributed by atoms with Crippen LogP contribution in [0.1, 0.15) is 22.3 Å². The molecule has 2 aliphatic carbocycles. The van der Waals surface area contributed by atoms with Crippen LogP contribution in [0, 0.1) is 0 Å². The Hall–Kier alpha value is -8.46. The highest BCUT2D eigenvalue weighted by molar-refractivity contribution is 6.24. The molecule has 14 rings (SSSR count). The highest BCUT2D eigenvalue weighted by Gasteiger charge is 2.52. The van der Waals surface area contributed by atoms with E-state index < -0.39 is 5.41 Å². The van der Waals surface area contributed by atoms with Crippen LogP contribution in [0.2, 0.25) is 0 Å². The van der Waals surface area contributed by atoms with Crippen molar-refractivity contribution in [1.29, 1.82) is 0 Å². The van der Waals surface area contributed by atoms with Gasteiger partial charge in [-0.05, 0) is 114 Å². The molecule has 65 heavy (non-hydrogen) atoms. The van der Waals surface area contributed by atoms with Gasteiger partial charge in [-0.25, -0.2) is 0 Å². The number of hydrogen-bond acceptors (Lipinski definition) is 2. The summed E-state index contributed by atoms with van der Waals surface area (Å²) < 4.78 is 7.06. The van der Waals surface area contributed by atoms with Crippen molar-refractivity contribution in [2.45, 2.75) is 5.41 Å². The molecule has 0 unspecified atom stereocenters. The van der Waals surface area contributed by atoms with Crippen molar-refractivity contribution in [3.63, 3.8) is 0 Å². The summed E-state index contributed by atoms with van der Waals surface area (Å²) in [6, 6.07) is 87.0. The first-order valence-corrected chi connectivity index (χ1v) is 22.5. The maximum atomic E-state index is 7.06. The lowest BCUT2D eigenvalue weighted by atomic mass is 9.70. The van der Waals surface area contributed by atoms with Gasteiger partial charge in [0.2, 0.25) is 0 Å². The van der Waals surface area contributed by atoms with Gasteiger partial charge in [0, 0.05) is 22.0 Å². The molecule has 1 heterocycles. The minimum absolute atomic E-state index is 0.474. The Morgan fingerprint density at radius 2 is 0.877 bits per heavy atom. The monoisotopic (exact) mass is 825 g/mol.